The van der Waals surface area contributed by atoms with E-state index >= 15 is 0 Å². The molecule has 1 aromatic rings. The fourth-order valence-corrected chi connectivity index (χ4v) is 1.92. The zero-order valence-corrected chi connectivity index (χ0v) is 10.4. The first-order chi connectivity index (χ1) is 7.43. The van der Waals surface area contributed by atoms with Crippen molar-refractivity contribution < 1.29 is 4.39 Å². The van der Waals surface area contributed by atoms with Crippen molar-refractivity contribution in [3.8, 4) is 0 Å². The van der Waals surface area contributed by atoms with E-state index in [1.807, 2.05) is 20.0 Å². The highest BCUT2D eigenvalue weighted by molar-refractivity contribution is 5.21. The van der Waals surface area contributed by atoms with Crippen LogP contribution >= 0.6 is 0 Å². The third kappa shape index (κ3) is 3.03. The van der Waals surface area contributed by atoms with Gasteiger partial charge in [0.05, 0.1) is 0 Å². The summed E-state index contributed by atoms with van der Waals surface area (Å²) in [5, 5.41) is 0. The standard InChI is InChI=1S/C13H21FN2/c1-9(2)16(4)13(10(3)15)11-6-5-7-12(14)8-11/h5-10,13H,15H2,1-4H3. The van der Waals surface area contributed by atoms with Gasteiger partial charge < -0.3 is 5.73 Å². The Morgan fingerprint density at radius 2 is 1.88 bits per heavy atom. The minimum Gasteiger partial charge on any atom is -0.326 e. The van der Waals surface area contributed by atoms with Crippen LogP contribution in [0.4, 0.5) is 4.39 Å². The van der Waals surface area contributed by atoms with E-state index in [4.69, 9.17) is 5.73 Å². The van der Waals surface area contributed by atoms with Crippen molar-refractivity contribution in [2.75, 3.05) is 7.05 Å². The second-order valence-corrected chi connectivity index (χ2v) is 4.62. The third-order valence-corrected chi connectivity index (χ3v) is 2.94. The Kier molecular flexibility index (Phi) is 4.44. The molecule has 0 fully saturated rings. The molecule has 2 unspecified atom stereocenters. The fraction of sp³-hybridized carbons (Fsp3) is 0.538. The smallest absolute Gasteiger partial charge is 0.123 e. The van der Waals surface area contributed by atoms with Gasteiger partial charge in [-0.15, -0.1) is 0 Å². The monoisotopic (exact) mass is 224 g/mol. The minimum absolute atomic E-state index is 0.0331. The van der Waals surface area contributed by atoms with Gasteiger partial charge in [0.15, 0.2) is 0 Å². The van der Waals surface area contributed by atoms with E-state index in [1.54, 1.807) is 12.1 Å². The quantitative estimate of drug-likeness (QED) is 0.851. The SMILES string of the molecule is CC(N)C(c1cccc(F)c1)N(C)C(C)C. The van der Waals surface area contributed by atoms with Gasteiger partial charge in [0.1, 0.15) is 5.82 Å². The van der Waals surface area contributed by atoms with Gasteiger partial charge in [0.2, 0.25) is 0 Å². The molecule has 0 saturated carbocycles. The Morgan fingerprint density at radius 1 is 1.25 bits per heavy atom. The highest BCUT2D eigenvalue weighted by Gasteiger charge is 2.23. The summed E-state index contributed by atoms with van der Waals surface area (Å²) >= 11 is 0. The molecule has 0 aliphatic rings. The number of halogens is 1. The van der Waals surface area contributed by atoms with Crippen molar-refractivity contribution in [2.45, 2.75) is 38.9 Å². The first kappa shape index (κ1) is 13.1. The number of rotatable bonds is 4. The molecule has 0 amide bonds. The molecule has 0 aliphatic carbocycles. The predicted molar refractivity (Wildman–Crippen MR) is 65.7 cm³/mol. The van der Waals surface area contributed by atoms with Crippen LogP contribution in [0.1, 0.15) is 32.4 Å². The van der Waals surface area contributed by atoms with Crippen LogP contribution < -0.4 is 5.73 Å². The van der Waals surface area contributed by atoms with E-state index in [2.05, 4.69) is 18.7 Å². The van der Waals surface area contributed by atoms with Crippen LogP contribution in [-0.2, 0) is 0 Å². The van der Waals surface area contributed by atoms with Crippen LogP contribution in [0, 0.1) is 5.82 Å². The van der Waals surface area contributed by atoms with E-state index < -0.39 is 0 Å². The van der Waals surface area contributed by atoms with E-state index in [0.29, 0.717) is 6.04 Å². The Hall–Kier alpha value is -0.930. The zero-order valence-electron chi connectivity index (χ0n) is 10.4. The van der Waals surface area contributed by atoms with E-state index in [1.165, 1.54) is 6.07 Å². The van der Waals surface area contributed by atoms with Gasteiger partial charge in [-0.3, -0.25) is 4.90 Å². The van der Waals surface area contributed by atoms with E-state index in [9.17, 15) is 4.39 Å². The lowest BCUT2D eigenvalue weighted by Gasteiger charge is -2.34. The summed E-state index contributed by atoms with van der Waals surface area (Å²) in [6, 6.07) is 7.07. The van der Waals surface area contributed by atoms with Crippen LogP contribution in [-0.4, -0.2) is 24.0 Å². The largest absolute Gasteiger partial charge is 0.326 e. The Balaban J connectivity index is 3.03. The molecule has 2 N–H and O–H groups in total. The van der Waals surface area contributed by atoms with Gasteiger partial charge in [-0.25, -0.2) is 4.39 Å². The number of nitrogens with zero attached hydrogens (tertiary/aromatic N) is 1. The molecule has 3 heteroatoms. The van der Waals surface area contributed by atoms with Crippen LogP contribution in [0.5, 0.6) is 0 Å². The van der Waals surface area contributed by atoms with Crippen molar-refractivity contribution in [2.24, 2.45) is 5.73 Å². The van der Waals surface area contributed by atoms with Crippen LogP contribution in [0.15, 0.2) is 24.3 Å². The van der Waals surface area contributed by atoms with Crippen molar-refractivity contribution in [1.29, 1.82) is 0 Å². The Labute approximate surface area is 97.3 Å². The minimum atomic E-state index is -0.208. The van der Waals surface area contributed by atoms with Crippen molar-refractivity contribution in [3.63, 3.8) is 0 Å². The molecule has 16 heavy (non-hydrogen) atoms. The molecule has 0 spiro atoms. The molecular weight excluding hydrogens is 203 g/mol. The van der Waals surface area contributed by atoms with Crippen molar-refractivity contribution in [3.05, 3.63) is 35.6 Å². The number of nitrogens with two attached hydrogens (primary N) is 1. The summed E-state index contributed by atoms with van der Waals surface area (Å²) in [5.41, 5.74) is 6.93. The molecule has 0 heterocycles. The second kappa shape index (κ2) is 5.41. The van der Waals surface area contributed by atoms with Crippen LogP contribution in [0.2, 0.25) is 0 Å². The van der Waals surface area contributed by atoms with Crippen LogP contribution in [0.25, 0.3) is 0 Å². The number of benzene rings is 1. The Morgan fingerprint density at radius 3 is 2.31 bits per heavy atom. The maximum atomic E-state index is 13.2. The van der Waals surface area contributed by atoms with Gasteiger partial charge in [-0.2, -0.15) is 0 Å². The van der Waals surface area contributed by atoms with Gasteiger partial charge >= 0.3 is 0 Å². The lowest BCUT2D eigenvalue weighted by molar-refractivity contribution is 0.175. The summed E-state index contributed by atoms with van der Waals surface area (Å²) in [6.07, 6.45) is 0. The molecule has 0 radical (unpaired) electrons. The fourth-order valence-electron chi connectivity index (χ4n) is 1.92. The zero-order chi connectivity index (χ0) is 12.3. The molecule has 0 aliphatic heterocycles. The average Bonchev–Trinajstić information content (AvgIpc) is 2.17. The van der Waals surface area contributed by atoms with Gasteiger partial charge in [-0.1, -0.05) is 12.1 Å². The van der Waals surface area contributed by atoms with E-state index in [-0.39, 0.29) is 17.9 Å². The first-order valence-electron chi connectivity index (χ1n) is 5.66. The molecule has 0 aromatic heterocycles. The summed E-state index contributed by atoms with van der Waals surface area (Å²) < 4.78 is 13.2. The predicted octanol–water partition coefficient (Wildman–Crippen LogP) is 2.55. The number of hydrogen-bond acceptors (Lipinski definition) is 2. The molecule has 0 bridgehead atoms. The van der Waals surface area contributed by atoms with Gasteiger partial charge in [-0.05, 0) is 45.5 Å². The maximum absolute atomic E-state index is 13.2. The number of hydrogen-bond donors (Lipinski definition) is 1. The molecule has 2 atom stereocenters. The Bertz CT molecular complexity index is 336. The summed E-state index contributed by atoms with van der Waals surface area (Å²) in [7, 11) is 2.02. The lowest BCUT2D eigenvalue weighted by Crippen LogP contribution is -2.40. The average molecular weight is 224 g/mol. The maximum Gasteiger partial charge on any atom is 0.123 e. The normalized spacial score (nSPS) is 15.5. The molecule has 90 valence electrons. The number of likely N-dealkylation sites (N-methyl/N-ethyl adjacent to an activating group) is 1. The second-order valence-electron chi connectivity index (χ2n) is 4.62. The van der Waals surface area contributed by atoms with Crippen molar-refractivity contribution >= 4 is 0 Å². The first-order valence-corrected chi connectivity index (χ1v) is 5.66. The lowest BCUT2D eigenvalue weighted by atomic mass is 9.98. The highest BCUT2D eigenvalue weighted by Crippen LogP contribution is 2.24. The molecule has 1 aromatic carbocycles. The molecule has 0 saturated heterocycles. The van der Waals surface area contributed by atoms with Crippen molar-refractivity contribution in [1.82, 2.24) is 4.90 Å². The summed E-state index contributed by atoms with van der Waals surface area (Å²) in [5.74, 6) is -0.208. The molecule has 2 nitrogen and oxygen atoms in total. The van der Waals surface area contributed by atoms with E-state index in [0.717, 1.165) is 5.56 Å². The molecular formula is C13H21FN2. The molecule has 1 rings (SSSR count). The topological polar surface area (TPSA) is 29.3 Å². The summed E-state index contributed by atoms with van der Waals surface area (Å²) in [6.45, 7) is 6.16. The van der Waals surface area contributed by atoms with Crippen LogP contribution in [0.3, 0.4) is 0 Å². The third-order valence-electron chi connectivity index (χ3n) is 2.94. The summed E-state index contributed by atoms with van der Waals surface area (Å²) in [4.78, 5) is 2.17. The highest BCUT2D eigenvalue weighted by atomic mass is 19.1. The van der Waals surface area contributed by atoms with Gasteiger partial charge in [0, 0.05) is 18.1 Å². The van der Waals surface area contributed by atoms with Gasteiger partial charge in [0.25, 0.3) is 0 Å².